The van der Waals surface area contributed by atoms with Crippen LogP contribution in [0.3, 0.4) is 0 Å². The summed E-state index contributed by atoms with van der Waals surface area (Å²) in [5, 5.41) is 9.96. The monoisotopic (exact) mass is 511 g/mol. The molecule has 1 saturated heterocycles. The predicted octanol–water partition coefficient (Wildman–Crippen LogP) is 5.55. The standard InChI is InChI=1S/C22H21Cl3FN5S/c23-17-3-1-4-18(24)15(17)13-29-9-11-30(12-10-29)22(32)27-21-7-8-31(28-21)14-16-19(25)5-2-6-20(16)26/h1-8H,9-14H2,(H,27,28,32). The van der Waals surface area contributed by atoms with Gasteiger partial charge in [-0.2, -0.15) is 5.10 Å². The molecule has 168 valence electrons. The average molecular weight is 513 g/mol. The Hall–Kier alpha value is -1.90. The molecule has 5 nitrogen and oxygen atoms in total. The number of rotatable bonds is 5. The van der Waals surface area contributed by atoms with Crippen molar-refractivity contribution in [1.82, 2.24) is 19.6 Å². The number of piperazine rings is 1. The van der Waals surface area contributed by atoms with Crippen LogP contribution in [-0.2, 0) is 13.1 Å². The molecule has 0 amide bonds. The van der Waals surface area contributed by atoms with Crippen LogP contribution in [0.4, 0.5) is 10.2 Å². The van der Waals surface area contributed by atoms with Crippen molar-refractivity contribution in [2.75, 3.05) is 31.5 Å². The third-order valence-corrected chi connectivity index (χ3v) is 6.78. The van der Waals surface area contributed by atoms with Crippen LogP contribution in [-0.4, -0.2) is 50.9 Å². The van der Waals surface area contributed by atoms with Gasteiger partial charge in [-0.05, 0) is 36.5 Å². The number of nitrogens with one attached hydrogen (secondary N) is 1. The highest BCUT2D eigenvalue weighted by molar-refractivity contribution is 7.80. The lowest BCUT2D eigenvalue weighted by molar-refractivity contribution is 0.177. The second-order valence-corrected chi connectivity index (χ2v) is 9.10. The van der Waals surface area contributed by atoms with Gasteiger partial charge in [-0.3, -0.25) is 9.58 Å². The van der Waals surface area contributed by atoms with Gasteiger partial charge < -0.3 is 10.2 Å². The summed E-state index contributed by atoms with van der Waals surface area (Å²) in [7, 11) is 0. The van der Waals surface area contributed by atoms with E-state index in [1.807, 2.05) is 18.2 Å². The van der Waals surface area contributed by atoms with Gasteiger partial charge in [0.15, 0.2) is 10.9 Å². The van der Waals surface area contributed by atoms with Gasteiger partial charge in [-0.1, -0.05) is 46.9 Å². The largest absolute Gasteiger partial charge is 0.346 e. The number of hydrogen-bond donors (Lipinski definition) is 1. The molecule has 2 aromatic carbocycles. The van der Waals surface area contributed by atoms with Crippen molar-refractivity contribution in [3.05, 3.63) is 80.7 Å². The highest BCUT2D eigenvalue weighted by Gasteiger charge is 2.21. The Balaban J connectivity index is 1.30. The highest BCUT2D eigenvalue weighted by atomic mass is 35.5. The van der Waals surface area contributed by atoms with Crippen LogP contribution in [0.25, 0.3) is 0 Å². The summed E-state index contributed by atoms with van der Waals surface area (Å²) in [4.78, 5) is 4.41. The highest BCUT2D eigenvalue weighted by Crippen LogP contribution is 2.26. The Bertz CT molecular complexity index is 1070. The van der Waals surface area contributed by atoms with Crippen LogP contribution in [0.15, 0.2) is 48.7 Å². The summed E-state index contributed by atoms with van der Waals surface area (Å²) in [5.41, 5.74) is 1.35. The molecule has 4 rings (SSSR count). The Morgan fingerprint density at radius 2 is 1.53 bits per heavy atom. The first-order valence-corrected chi connectivity index (χ1v) is 11.6. The number of hydrogen-bond acceptors (Lipinski definition) is 3. The smallest absolute Gasteiger partial charge is 0.174 e. The molecular formula is C22H21Cl3FN5S. The Labute approximate surface area is 206 Å². The number of nitrogens with zero attached hydrogens (tertiary/aromatic N) is 4. The molecule has 3 aromatic rings. The molecular weight excluding hydrogens is 492 g/mol. The zero-order valence-electron chi connectivity index (χ0n) is 17.1. The van der Waals surface area contributed by atoms with Gasteiger partial charge in [0.05, 0.1) is 6.54 Å². The molecule has 0 atom stereocenters. The van der Waals surface area contributed by atoms with Crippen LogP contribution >= 0.6 is 47.0 Å². The van der Waals surface area contributed by atoms with E-state index < -0.39 is 0 Å². The topological polar surface area (TPSA) is 36.3 Å². The molecule has 0 spiro atoms. The minimum absolute atomic E-state index is 0.239. The maximum Gasteiger partial charge on any atom is 0.174 e. The lowest BCUT2D eigenvalue weighted by atomic mass is 10.2. The van der Waals surface area contributed by atoms with Crippen LogP contribution < -0.4 is 5.32 Å². The third-order valence-electron chi connectivity index (χ3n) is 5.36. The first kappa shape index (κ1) is 23.3. The maximum absolute atomic E-state index is 14.0. The number of halogens is 4. The van der Waals surface area contributed by atoms with Crippen molar-refractivity contribution in [3.8, 4) is 0 Å². The molecule has 1 aliphatic heterocycles. The Morgan fingerprint density at radius 1 is 0.906 bits per heavy atom. The number of benzene rings is 2. The van der Waals surface area contributed by atoms with Crippen molar-refractivity contribution in [2.45, 2.75) is 13.1 Å². The zero-order valence-corrected chi connectivity index (χ0v) is 20.2. The molecule has 0 aliphatic carbocycles. The lowest BCUT2D eigenvalue weighted by Gasteiger charge is -2.36. The fraction of sp³-hybridized carbons (Fsp3) is 0.273. The molecule has 1 fully saturated rings. The molecule has 1 aliphatic rings. The van der Waals surface area contributed by atoms with Crippen LogP contribution in [0.2, 0.25) is 15.1 Å². The zero-order chi connectivity index (χ0) is 22.7. The van der Waals surface area contributed by atoms with Gasteiger partial charge in [0.1, 0.15) is 5.82 Å². The van der Waals surface area contributed by atoms with E-state index in [0.717, 1.165) is 31.7 Å². The van der Waals surface area contributed by atoms with Gasteiger partial charge in [0.2, 0.25) is 0 Å². The minimum Gasteiger partial charge on any atom is -0.346 e. The van der Waals surface area contributed by atoms with Crippen molar-refractivity contribution in [2.24, 2.45) is 0 Å². The predicted molar refractivity (Wildman–Crippen MR) is 132 cm³/mol. The van der Waals surface area contributed by atoms with Crippen molar-refractivity contribution >= 4 is 58.0 Å². The van der Waals surface area contributed by atoms with E-state index in [-0.39, 0.29) is 12.4 Å². The molecule has 0 radical (unpaired) electrons. The van der Waals surface area contributed by atoms with Gasteiger partial charge in [-0.15, -0.1) is 0 Å². The molecule has 0 unspecified atom stereocenters. The van der Waals surface area contributed by atoms with Crippen molar-refractivity contribution in [1.29, 1.82) is 0 Å². The van der Waals surface area contributed by atoms with E-state index in [4.69, 9.17) is 47.0 Å². The molecule has 1 aromatic heterocycles. The normalized spacial score (nSPS) is 14.6. The average Bonchev–Trinajstić information content (AvgIpc) is 3.21. The van der Waals surface area contributed by atoms with Crippen LogP contribution in [0, 0.1) is 5.82 Å². The minimum atomic E-state index is -0.353. The molecule has 32 heavy (non-hydrogen) atoms. The van der Waals surface area contributed by atoms with Gasteiger partial charge in [-0.25, -0.2) is 4.39 Å². The van der Waals surface area contributed by atoms with Gasteiger partial charge >= 0.3 is 0 Å². The van der Waals surface area contributed by atoms with Crippen molar-refractivity contribution in [3.63, 3.8) is 0 Å². The van der Waals surface area contributed by atoms with E-state index in [9.17, 15) is 4.39 Å². The lowest BCUT2D eigenvalue weighted by Crippen LogP contribution is -2.49. The summed E-state index contributed by atoms with van der Waals surface area (Å²) < 4.78 is 15.6. The number of thiocarbonyl (C=S) groups is 1. The van der Waals surface area contributed by atoms with Crippen molar-refractivity contribution < 1.29 is 4.39 Å². The quantitative estimate of drug-likeness (QED) is 0.454. The fourth-order valence-corrected chi connectivity index (χ4v) is 4.59. The van der Waals surface area contributed by atoms with Crippen LogP contribution in [0.5, 0.6) is 0 Å². The molecule has 1 N–H and O–H groups in total. The van der Waals surface area contributed by atoms with Gasteiger partial charge in [0.25, 0.3) is 0 Å². The summed E-state index contributed by atoms with van der Waals surface area (Å²) in [6.07, 6.45) is 1.76. The van der Waals surface area contributed by atoms with E-state index in [1.54, 1.807) is 29.1 Å². The summed E-state index contributed by atoms with van der Waals surface area (Å²) in [5.74, 6) is 0.252. The second-order valence-electron chi connectivity index (χ2n) is 7.49. The fourth-order valence-electron chi connectivity index (χ4n) is 3.57. The second kappa shape index (κ2) is 10.4. The van der Waals surface area contributed by atoms with E-state index in [2.05, 4.69) is 20.2 Å². The summed E-state index contributed by atoms with van der Waals surface area (Å²) in [6, 6.07) is 12.0. The number of anilines is 1. The molecule has 0 bridgehead atoms. The number of aromatic nitrogens is 2. The molecule has 2 heterocycles. The summed E-state index contributed by atoms with van der Waals surface area (Å²) in [6.45, 7) is 4.17. The molecule has 0 saturated carbocycles. The first-order valence-electron chi connectivity index (χ1n) is 10.1. The van der Waals surface area contributed by atoms with E-state index in [0.29, 0.717) is 38.1 Å². The van der Waals surface area contributed by atoms with E-state index >= 15 is 0 Å². The third kappa shape index (κ3) is 5.53. The molecule has 10 heteroatoms. The maximum atomic E-state index is 14.0. The Morgan fingerprint density at radius 3 is 2.19 bits per heavy atom. The summed E-state index contributed by atoms with van der Waals surface area (Å²) >= 11 is 24.3. The SMILES string of the molecule is Fc1cccc(Cl)c1Cn1ccc(NC(=S)N2CCN(Cc3c(Cl)cccc3Cl)CC2)n1. The first-order chi connectivity index (χ1) is 15.4. The van der Waals surface area contributed by atoms with Gasteiger partial charge in [0, 0.05) is 71.2 Å². The van der Waals surface area contributed by atoms with E-state index in [1.165, 1.54) is 6.07 Å². The van der Waals surface area contributed by atoms with Crippen LogP contribution in [0.1, 0.15) is 11.1 Å². The Kier molecular flexibility index (Phi) is 7.53.